The van der Waals surface area contributed by atoms with Crippen molar-refractivity contribution in [3.8, 4) is 5.75 Å². The second-order valence-corrected chi connectivity index (χ2v) is 12.9. The van der Waals surface area contributed by atoms with E-state index in [2.05, 4.69) is 58.7 Å². The molecule has 0 spiro atoms. The zero-order valence-corrected chi connectivity index (χ0v) is 22.9. The normalized spacial score (nSPS) is 12.1. The van der Waals surface area contributed by atoms with E-state index in [0.717, 1.165) is 40.5 Å². The molecule has 1 aromatic carbocycles. The van der Waals surface area contributed by atoms with Gasteiger partial charge in [-0.3, -0.25) is 9.78 Å². The molecule has 1 heterocycles. The smallest absolute Gasteiger partial charge is 0.223 e. The second kappa shape index (κ2) is 12.2. The molecule has 4 nitrogen and oxygen atoms in total. The number of amides is 1. The first-order valence-corrected chi connectivity index (χ1v) is 13.8. The average molecular weight is 489 g/mol. The minimum Gasteiger partial charge on any atom is -0.507 e. The van der Waals surface area contributed by atoms with E-state index in [4.69, 9.17) is 0 Å². The number of rotatable bonds is 10. The molecule has 182 valence electrons. The van der Waals surface area contributed by atoms with Gasteiger partial charge in [-0.05, 0) is 35.1 Å². The first kappa shape index (κ1) is 27.6. The van der Waals surface area contributed by atoms with Crippen LogP contribution in [0.15, 0.2) is 41.4 Å². The number of carbonyl (C=O) groups is 1. The predicted octanol–water partition coefficient (Wildman–Crippen LogP) is 6.30. The van der Waals surface area contributed by atoms with Gasteiger partial charge in [-0.1, -0.05) is 47.6 Å². The van der Waals surface area contributed by atoms with Crippen molar-refractivity contribution in [2.45, 2.75) is 70.1 Å². The fourth-order valence-corrected chi connectivity index (χ4v) is 5.42. The number of hydrogen-bond donors (Lipinski definition) is 1. The summed E-state index contributed by atoms with van der Waals surface area (Å²) in [5.41, 5.74) is 2.80. The first-order valence-electron chi connectivity index (χ1n) is 11.6. The number of aromatic hydroxyl groups is 1. The lowest BCUT2D eigenvalue weighted by atomic mass is 9.79. The van der Waals surface area contributed by atoms with Gasteiger partial charge >= 0.3 is 0 Å². The van der Waals surface area contributed by atoms with Crippen LogP contribution in [0.4, 0.5) is 0 Å². The van der Waals surface area contributed by atoms with Crippen molar-refractivity contribution in [1.29, 1.82) is 0 Å². The Morgan fingerprint density at radius 2 is 1.64 bits per heavy atom. The molecule has 0 bridgehead atoms. The molecular formula is C27H40N2O2S2. The summed E-state index contributed by atoms with van der Waals surface area (Å²) in [6, 6.07) is 10.2. The molecule has 33 heavy (non-hydrogen) atoms. The maximum atomic E-state index is 12.4. The van der Waals surface area contributed by atoms with Gasteiger partial charge in [0.25, 0.3) is 0 Å². The van der Waals surface area contributed by atoms with Gasteiger partial charge in [0, 0.05) is 71.6 Å². The van der Waals surface area contributed by atoms with E-state index >= 15 is 0 Å². The van der Waals surface area contributed by atoms with E-state index in [0.29, 0.717) is 18.7 Å². The Balaban J connectivity index is 1.78. The fraction of sp³-hybridized carbons (Fsp3) is 0.556. The van der Waals surface area contributed by atoms with Gasteiger partial charge < -0.3 is 10.0 Å². The Labute approximate surface area is 209 Å². The summed E-state index contributed by atoms with van der Waals surface area (Å²) in [6.45, 7) is 13.6. The van der Waals surface area contributed by atoms with Gasteiger partial charge in [0.1, 0.15) is 5.75 Å². The van der Waals surface area contributed by atoms with Crippen LogP contribution in [-0.4, -0.2) is 51.7 Å². The van der Waals surface area contributed by atoms with Crippen LogP contribution >= 0.6 is 23.5 Å². The van der Waals surface area contributed by atoms with Gasteiger partial charge in [0.05, 0.1) is 0 Å². The van der Waals surface area contributed by atoms with E-state index in [1.165, 1.54) is 4.90 Å². The lowest BCUT2D eigenvalue weighted by Gasteiger charge is -2.28. The number of benzene rings is 1. The number of phenols is 1. The van der Waals surface area contributed by atoms with Crippen LogP contribution in [0.3, 0.4) is 0 Å². The van der Waals surface area contributed by atoms with Crippen LogP contribution in [0.2, 0.25) is 0 Å². The number of nitrogens with zero attached hydrogens (tertiary/aromatic N) is 2. The maximum Gasteiger partial charge on any atom is 0.223 e. The first-order chi connectivity index (χ1) is 15.4. The van der Waals surface area contributed by atoms with Crippen molar-refractivity contribution in [3.05, 3.63) is 53.3 Å². The van der Waals surface area contributed by atoms with Crippen LogP contribution < -0.4 is 0 Å². The SMILES string of the molecule is CN(CCc1ccccn1)C(=O)CCSCCSc1cc(C(C)(C)C)c(O)c(C(C)(C)C)c1. The minimum absolute atomic E-state index is 0.113. The largest absolute Gasteiger partial charge is 0.507 e. The standard InChI is InChI=1S/C27H40N2O2S2/c1-26(2,3)22-18-21(19-23(25(22)31)27(4,5)6)33-17-16-32-15-12-24(30)29(7)14-11-20-10-8-9-13-28-20/h8-10,13,18-19,31H,11-12,14-17H2,1-7H3. The topological polar surface area (TPSA) is 53.4 Å². The summed E-state index contributed by atoms with van der Waals surface area (Å²) < 4.78 is 0. The summed E-state index contributed by atoms with van der Waals surface area (Å²) in [7, 11) is 1.87. The highest BCUT2D eigenvalue weighted by atomic mass is 32.2. The van der Waals surface area contributed by atoms with Gasteiger partial charge in [0.15, 0.2) is 0 Å². The van der Waals surface area contributed by atoms with Crippen molar-refractivity contribution < 1.29 is 9.90 Å². The molecule has 2 aromatic rings. The highest BCUT2D eigenvalue weighted by Gasteiger charge is 2.26. The predicted molar refractivity (Wildman–Crippen MR) is 144 cm³/mol. The molecule has 0 aliphatic carbocycles. The summed E-state index contributed by atoms with van der Waals surface area (Å²) in [4.78, 5) is 19.7. The summed E-state index contributed by atoms with van der Waals surface area (Å²) in [5, 5.41) is 10.9. The van der Waals surface area contributed by atoms with Crippen LogP contribution in [0.25, 0.3) is 0 Å². The third-order valence-corrected chi connectivity index (χ3v) is 7.73. The molecule has 1 aromatic heterocycles. The third kappa shape index (κ3) is 8.90. The lowest BCUT2D eigenvalue weighted by Crippen LogP contribution is -2.29. The average Bonchev–Trinajstić information content (AvgIpc) is 2.74. The molecule has 0 saturated heterocycles. The fourth-order valence-electron chi connectivity index (χ4n) is 3.46. The molecule has 0 aliphatic heterocycles. The monoisotopic (exact) mass is 488 g/mol. The maximum absolute atomic E-state index is 12.4. The molecule has 0 saturated carbocycles. The van der Waals surface area contributed by atoms with Crippen molar-refractivity contribution in [1.82, 2.24) is 9.88 Å². The zero-order valence-electron chi connectivity index (χ0n) is 21.3. The van der Waals surface area contributed by atoms with E-state index < -0.39 is 0 Å². The second-order valence-electron chi connectivity index (χ2n) is 10.5. The minimum atomic E-state index is -0.113. The highest BCUT2D eigenvalue weighted by Crippen LogP contribution is 2.41. The number of carbonyl (C=O) groups excluding carboxylic acids is 1. The van der Waals surface area contributed by atoms with Crippen LogP contribution in [0.1, 0.15) is 64.8 Å². The molecule has 1 N–H and O–H groups in total. The molecule has 0 radical (unpaired) electrons. The number of aromatic nitrogens is 1. The molecule has 1 amide bonds. The van der Waals surface area contributed by atoms with E-state index in [1.807, 2.05) is 53.7 Å². The van der Waals surface area contributed by atoms with Gasteiger partial charge in [-0.2, -0.15) is 11.8 Å². The molecule has 0 fully saturated rings. The molecule has 2 rings (SSSR count). The van der Waals surface area contributed by atoms with E-state index in [-0.39, 0.29) is 16.7 Å². The molecule has 6 heteroatoms. The molecule has 0 atom stereocenters. The van der Waals surface area contributed by atoms with E-state index in [9.17, 15) is 9.90 Å². The van der Waals surface area contributed by atoms with Crippen LogP contribution in [-0.2, 0) is 22.0 Å². The van der Waals surface area contributed by atoms with Crippen LogP contribution in [0.5, 0.6) is 5.75 Å². The molecule has 0 unspecified atom stereocenters. The number of pyridine rings is 1. The number of hydrogen-bond acceptors (Lipinski definition) is 5. The van der Waals surface area contributed by atoms with Crippen molar-refractivity contribution in [3.63, 3.8) is 0 Å². The van der Waals surface area contributed by atoms with Crippen LogP contribution in [0, 0.1) is 0 Å². The Morgan fingerprint density at radius 3 is 2.18 bits per heavy atom. The Morgan fingerprint density at radius 1 is 1.00 bits per heavy atom. The van der Waals surface area contributed by atoms with Crippen molar-refractivity contribution >= 4 is 29.4 Å². The molecular weight excluding hydrogens is 448 g/mol. The number of phenolic OH excluding ortho intramolecular Hbond substituents is 1. The van der Waals surface area contributed by atoms with Gasteiger partial charge in [-0.15, -0.1) is 11.8 Å². The quantitative estimate of drug-likeness (QED) is 0.314. The summed E-state index contributed by atoms with van der Waals surface area (Å²) >= 11 is 3.65. The Kier molecular flexibility index (Phi) is 10.2. The van der Waals surface area contributed by atoms with E-state index in [1.54, 1.807) is 6.20 Å². The summed E-state index contributed by atoms with van der Waals surface area (Å²) in [6.07, 6.45) is 3.14. The summed E-state index contributed by atoms with van der Waals surface area (Å²) in [5.74, 6) is 3.43. The highest BCUT2D eigenvalue weighted by molar-refractivity contribution is 8.02. The third-order valence-electron chi connectivity index (χ3n) is 5.51. The van der Waals surface area contributed by atoms with Gasteiger partial charge in [0.2, 0.25) is 5.91 Å². The lowest BCUT2D eigenvalue weighted by molar-refractivity contribution is -0.129. The Hall–Kier alpha value is -1.66. The molecule has 0 aliphatic rings. The van der Waals surface area contributed by atoms with Gasteiger partial charge in [-0.25, -0.2) is 0 Å². The van der Waals surface area contributed by atoms with Crippen molar-refractivity contribution in [2.75, 3.05) is 30.9 Å². The number of likely N-dealkylation sites (N-methyl/N-ethyl adjacent to an activating group) is 1. The number of thioether (sulfide) groups is 2. The zero-order chi connectivity index (χ0) is 24.6. The Bertz CT molecular complexity index is 868. The van der Waals surface area contributed by atoms with Crippen molar-refractivity contribution in [2.24, 2.45) is 0 Å².